The van der Waals surface area contributed by atoms with Gasteiger partial charge in [0.25, 0.3) is 5.69 Å². The number of non-ortho nitro benzene ring substituents is 1. The fourth-order valence-electron chi connectivity index (χ4n) is 3.71. The molecule has 0 atom stereocenters. The number of fused-ring (bicyclic) bond motifs is 2. The van der Waals surface area contributed by atoms with Gasteiger partial charge in [-0.05, 0) is 38.4 Å². The molecule has 0 bridgehead atoms. The summed E-state index contributed by atoms with van der Waals surface area (Å²) in [5.74, 6) is 0.729. The standard InChI is InChI=1S/C20H23N5O3/c1-23(2)10-11-24-9-8-21-19-14-12-13(28-3)4-5-15(14)22-20-17(25(26)27)7-6-16(24)18(19)20/h4-7,12,21H,8-11H2,1-3H3. The van der Waals surface area contributed by atoms with Gasteiger partial charge in [0.2, 0.25) is 0 Å². The van der Waals surface area contributed by atoms with Crippen LogP contribution in [0.5, 0.6) is 5.75 Å². The molecule has 2 heterocycles. The molecule has 0 amide bonds. The number of ether oxygens (including phenoxy) is 1. The van der Waals surface area contributed by atoms with Gasteiger partial charge in [-0.1, -0.05) is 0 Å². The first-order valence-corrected chi connectivity index (χ1v) is 9.22. The highest BCUT2D eigenvalue weighted by Gasteiger charge is 2.25. The van der Waals surface area contributed by atoms with E-state index in [1.165, 1.54) is 0 Å². The number of likely N-dealkylation sites (N-methyl/N-ethyl adjacent to an activating group) is 1. The molecule has 2 aromatic carbocycles. The molecule has 146 valence electrons. The highest BCUT2D eigenvalue weighted by Crippen LogP contribution is 2.42. The van der Waals surface area contributed by atoms with Crippen molar-refractivity contribution < 1.29 is 9.66 Å². The number of hydrogen-bond acceptors (Lipinski definition) is 7. The number of rotatable bonds is 5. The second-order valence-electron chi connectivity index (χ2n) is 7.17. The predicted molar refractivity (Wildman–Crippen MR) is 112 cm³/mol. The van der Waals surface area contributed by atoms with Crippen LogP contribution in [-0.4, -0.2) is 62.2 Å². The molecule has 8 nitrogen and oxygen atoms in total. The largest absolute Gasteiger partial charge is 0.497 e. The molecule has 1 aromatic heterocycles. The SMILES string of the molecule is COc1ccc2nc3c([N+](=O)[O-])ccc4c3c(c2c1)NCCN4CCN(C)C. The normalized spacial score (nSPS) is 13.6. The van der Waals surface area contributed by atoms with E-state index in [0.29, 0.717) is 11.0 Å². The van der Waals surface area contributed by atoms with E-state index in [2.05, 4.69) is 20.1 Å². The summed E-state index contributed by atoms with van der Waals surface area (Å²) >= 11 is 0. The molecule has 0 unspecified atom stereocenters. The third-order valence-corrected chi connectivity index (χ3v) is 5.13. The summed E-state index contributed by atoms with van der Waals surface area (Å²) in [4.78, 5) is 20.4. The zero-order valence-electron chi connectivity index (χ0n) is 16.2. The van der Waals surface area contributed by atoms with Gasteiger partial charge < -0.3 is 19.9 Å². The van der Waals surface area contributed by atoms with E-state index in [1.54, 1.807) is 13.2 Å². The Balaban J connectivity index is 2.03. The summed E-state index contributed by atoms with van der Waals surface area (Å²) in [6.45, 7) is 3.27. The van der Waals surface area contributed by atoms with Crippen LogP contribution in [0.2, 0.25) is 0 Å². The minimum Gasteiger partial charge on any atom is -0.497 e. The molecule has 3 aromatic rings. The monoisotopic (exact) mass is 381 g/mol. The highest BCUT2D eigenvalue weighted by molar-refractivity contribution is 6.15. The van der Waals surface area contributed by atoms with E-state index in [0.717, 1.165) is 54.1 Å². The first kappa shape index (κ1) is 18.2. The summed E-state index contributed by atoms with van der Waals surface area (Å²) < 4.78 is 5.38. The Bertz CT molecular complexity index is 1070. The Morgan fingerprint density at radius 3 is 2.86 bits per heavy atom. The maximum atomic E-state index is 11.7. The Hall–Kier alpha value is -3.13. The summed E-state index contributed by atoms with van der Waals surface area (Å²) in [5.41, 5.74) is 3.00. The summed E-state index contributed by atoms with van der Waals surface area (Å²) in [7, 11) is 5.70. The van der Waals surface area contributed by atoms with Crippen LogP contribution in [0.3, 0.4) is 0 Å². The second kappa shape index (κ2) is 7.12. The van der Waals surface area contributed by atoms with Crippen molar-refractivity contribution in [1.82, 2.24) is 9.88 Å². The number of nitro groups is 1. The molecule has 1 N–H and O–H groups in total. The molecule has 28 heavy (non-hydrogen) atoms. The molecule has 0 radical (unpaired) electrons. The van der Waals surface area contributed by atoms with E-state index in [4.69, 9.17) is 4.74 Å². The number of nitro benzene ring substituents is 1. The lowest BCUT2D eigenvalue weighted by atomic mass is 10.0. The summed E-state index contributed by atoms with van der Waals surface area (Å²) in [6.07, 6.45) is 0. The smallest absolute Gasteiger partial charge is 0.295 e. The third-order valence-electron chi connectivity index (χ3n) is 5.13. The van der Waals surface area contributed by atoms with Gasteiger partial charge in [-0.15, -0.1) is 0 Å². The molecule has 1 aliphatic rings. The van der Waals surface area contributed by atoms with Crippen LogP contribution in [0.25, 0.3) is 21.8 Å². The number of pyridine rings is 1. The van der Waals surface area contributed by atoms with Crippen LogP contribution in [0.15, 0.2) is 30.3 Å². The maximum absolute atomic E-state index is 11.7. The van der Waals surface area contributed by atoms with Gasteiger partial charge in [-0.25, -0.2) is 4.98 Å². The molecule has 0 saturated carbocycles. The lowest BCUT2D eigenvalue weighted by Gasteiger charge is -2.25. The van der Waals surface area contributed by atoms with E-state index >= 15 is 0 Å². The van der Waals surface area contributed by atoms with Crippen LogP contribution in [0, 0.1) is 10.1 Å². The van der Waals surface area contributed by atoms with E-state index in [-0.39, 0.29) is 10.6 Å². The molecule has 0 aliphatic carbocycles. The molecular weight excluding hydrogens is 358 g/mol. The summed E-state index contributed by atoms with van der Waals surface area (Å²) in [5, 5.41) is 16.9. The lowest BCUT2D eigenvalue weighted by molar-refractivity contribution is -0.383. The van der Waals surface area contributed by atoms with Crippen LogP contribution >= 0.6 is 0 Å². The van der Waals surface area contributed by atoms with Crippen molar-refractivity contribution >= 4 is 38.9 Å². The van der Waals surface area contributed by atoms with Gasteiger partial charge in [0.15, 0.2) is 5.52 Å². The molecular formula is C20H23N5O3. The van der Waals surface area contributed by atoms with Gasteiger partial charge >= 0.3 is 0 Å². The van der Waals surface area contributed by atoms with E-state index < -0.39 is 0 Å². The van der Waals surface area contributed by atoms with Crippen molar-refractivity contribution in [3.05, 3.63) is 40.4 Å². The lowest BCUT2D eigenvalue weighted by Crippen LogP contribution is -2.34. The highest BCUT2D eigenvalue weighted by atomic mass is 16.6. The molecule has 0 saturated heterocycles. The fraction of sp³-hybridized carbons (Fsp3) is 0.350. The zero-order valence-corrected chi connectivity index (χ0v) is 16.2. The molecule has 1 aliphatic heterocycles. The van der Waals surface area contributed by atoms with Gasteiger partial charge in [0.1, 0.15) is 5.75 Å². The molecule has 4 rings (SSSR count). The van der Waals surface area contributed by atoms with Crippen LogP contribution in [-0.2, 0) is 0 Å². The number of hydrogen-bond donors (Lipinski definition) is 1. The third kappa shape index (κ3) is 3.05. The average molecular weight is 381 g/mol. The molecule has 8 heteroatoms. The maximum Gasteiger partial charge on any atom is 0.295 e. The van der Waals surface area contributed by atoms with Gasteiger partial charge in [-0.2, -0.15) is 0 Å². The van der Waals surface area contributed by atoms with Gasteiger partial charge in [0.05, 0.1) is 28.6 Å². The zero-order chi connectivity index (χ0) is 19.8. The van der Waals surface area contributed by atoms with Crippen molar-refractivity contribution in [2.75, 3.05) is 57.6 Å². The number of nitrogens with zero attached hydrogens (tertiary/aromatic N) is 4. The van der Waals surface area contributed by atoms with Crippen molar-refractivity contribution in [1.29, 1.82) is 0 Å². The van der Waals surface area contributed by atoms with Gasteiger partial charge in [-0.3, -0.25) is 10.1 Å². The van der Waals surface area contributed by atoms with Crippen molar-refractivity contribution in [2.45, 2.75) is 0 Å². The quantitative estimate of drug-likeness (QED) is 0.413. The molecule has 0 fully saturated rings. The summed E-state index contributed by atoms with van der Waals surface area (Å²) in [6, 6.07) is 9.01. The number of benzene rings is 2. The Morgan fingerprint density at radius 1 is 1.32 bits per heavy atom. The van der Waals surface area contributed by atoms with Crippen molar-refractivity contribution in [3.8, 4) is 5.75 Å². The van der Waals surface area contributed by atoms with Crippen LogP contribution in [0.1, 0.15) is 0 Å². The number of nitrogens with one attached hydrogen (secondary N) is 1. The Labute approximate surface area is 162 Å². The van der Waals surface area contributed by atoms with E-state index in [1.807, 2.05) is 38.4 Å². The Kier molecular flexibility index (Phi) is 4.64. The first-order valence-electron chi connectivity index (χ1n) is 9.22. The number of aromatic nitrogens is 1. The van der Waals surface area contributed by atoms with E-state index in [9.17, 15) is 10.1 Å². The number of anilines is 2. The minimum absolute atomic E-state index is 0.0222. The fourth-order valence-corrected chi connectivity index (χ4v) is 3.71. The van der Waals surface area contributed by atoms with Crippen molar-refractivity contribution in [2.24, 2.45) is 0 Å². The predicted octanol–water partition coefficient (Wildman–Crippen LogP) is 3.10. The topological polar surface area (TPSA) is 83.8 Å². The van der Waals surface area contributed by atoms with Gasteiger partial charge in [0, 0.05) is 43.3 Å². The van der Waals surface area contributed by atoms with Crippen LogP contribution < -0.4 is 15.0 Å². The van der Waals surface area contributed by atoms with Crippen molar-refractivity contribution in [3.63, 3.8) is 0 Å². The minimum atomic E-state index is -0.361. The Morgan fingerprint density at radius 2 is 2.14 bits per heavy atom. The molecule has 0 spiro atoms. The first-order chi connectivity index (χ1) is 13.5. The van der Waals surface area contributed by atoms with Crippen LogP contribution in [0.4, 0.5) is 17.1 Å². The number of methoxy groups -OCH3 is 1. The second-order valence-corrected chi connectivity index (χ2v) is 7.17. The average Bonchev–Trinajstić information content (AvgIpc) is 2.86.